The minimum absolute atomic E-state index is 0.102. The van der Waals surface area contributed by atoms with Crippen molar-refractivity contribution in [1.29, 1.82) is 0 Å². The van der Waals surface area contributed by atoms with Gasteiger partial charge in [0.1, 0.15) is 0 Å². The molecule has 1 aromatic rings. The Morgan fingerprint density at radius 1 is 0.788 bits per heavy atom. The van der Waals surface area contributed by atoms with E-state index in [1.54, 1.807) is 0 Å². The zero-order chi connectivity index (χ0) is 23.8. The summed E-state index contributed by atoms with van der Waals surface area (Å²) < 4.78 is 26.6. The van der Waals surface area contributed by atoms with Gasteiger partial charge in [-0.1, -0.05) is 12.8 Å². The second kappa shape index (κ2) is 12.3. The van der Waals surface area contributed by atoms with Crippen LogP contribution in [0.5, 0.6) is 0 Å². The van der Waals surface area contributed by atoms with Crippen molar-refractivity contribution in [1.82, 2.24) is 13.7 Å². The molecular weight excluding hydrogens is 446 g/mol. The van der Waals surface area contributed by atoms with Gasteiger partial charge in [-0.15, -0.1) is 0 Å². The van der Waals surface area contributed by atoms with E-state index in [0.717, 1.165) is 19.3 Å². The molecule has 0 spiro atoms. The molecule has 0 N–H and O–H groups in total. The summed E-state index contributed by atoms with van der Waals surface area (Å²) in [6, 6.07) is 0.617. The van der Waals surface area contributed by atoms with Gasteiger partial charge in [0.15, 0.2) is 0 Å². The summed E-state index contributed by atoms with van der Waals surface area (Å²) >= 11 is 0. The molecule has 1 unspecified atom stereocenters. The van der Waals surface area contributed by atoms with Gasteiger partial charge in [-0.3, -0.25) is 0 Å². The molecule has 188 valence electrons. The van der Waals surface area contributed by atoms with Crippen LogP contribution in [-0.4, -0.2) is 55.0 Å². The summed E-state index contributed by atoms with van der Waals surface area (Å²) in [6.45, 7) is 8.80. The third kappa shape index (κ3) is 7.22. The van der Waals surface area contributed by atoms with Gasteiger partial charge in [-0.2, -0.15) is 0 Å². The van der Waals surface area contributed by atoms with E-state index in [2.05, 4.69) is 0 Å². The first-order valence-corrected chi connectivity index (χ1v) is 14.4. The summed E-state index contributed by atoms with van der Waals surface area (Å²) in [7, 11) is -2.77. The highest BCUT2D eigenvalue weighted by Crippen LogP contribution is 2.32. The van der Waals surface area contributed by atoms with Gasteiger partial charge in [0, 0.05) is 45.5 Å². The number of ether oxygens (including phenoxy) is 1. The van der Waals surface area contributed by atoms with Crippen LogP contribution in [0.2, 0.25) is 6.04 Å². The highest BCUT2D eigenvalue weighted by atomic mass is 28.4. The lowest BCUT2D eigenvalue weighted by atomic mass is 10.3. The summed E-state index contributed by atoms with van der Waals surface area (Å²) in [5, 5.41) is 0. The molecule has 11 heteroatoms. The Labute approximate surface area is 195 Å². The predicted molar refractivity (Wildman–Crippen MR) is 126 cm³/mol. The number of nitrogens with zero attached hydrogens (tertiary/aromatic N) is 3. The first-order valence-electron chi connectivity index (χ1n) is 12.4. The van der Waals surface area contributed by atoms with E-state index < -0.39 is 25.9 Å². The number of unbranched alkanes of at least 4 members (excludes halogenated alkanes) is 1. The minimum atomic E-state index is -2.77. The molecule has 1 saturated heterocycles. The van der Waals surface area contributed by atoms with Crippen LogP contribution in [0.15, 0.2) is 14.4 Å². The Kier molecular flexibility index (Phi) is 9.68. The Bertz CT molecular complexity index is 862. The van der Waals surface area contributed by atoms with Gasteiger partial charge >= 0.3 is 25.9 Å². The maximum atomic E-state index is 13.1. The Morgan fingerprint density at radius 2 is 1.27 bits per heavy atom. The van der Waals surface area contributed by atoms with Crippen LogP contribution in [0, 0.1) is 5.92 Å². The van der Waals surface area contributed by atoms with E-state index in [1.807, 2.05) is 20.8 Å². The largest absolute Gasteiger partial charge is 0.500 e. The molecule has 1 saturated carbocycles. The van der Waals surface area contributed by atoms with Gasteiger partial charge in [0.2, 0.25) is 0 Å². The Hall–Kier alpha value is -1.53. The van der Waals surface area contributed by atoms with Crippen LogP contribution < -0.4 is 17.1 Å². The molecular formula is C22H39N3O7Si. The highest BCUT2D eigenvalue weighted by Gasteiger charge is 2.39. The van der Waals surface area contributed by atoms with E-state index in [-0.39, 0.29) is 19.2 Å². The fourth-order valence-electron chi connectivity index (χ4n) is 4.10. The van der Waals surface area contributed by atoms with E-state index in [9.17, 15) is 14.4 Å². The van der Waals surface area contributed by atoms with Crippen molar-refractivity contribution in [2.24, 2.45) is 5.92 Å². The van der Waals surface area contributed by atoms with Crippen molar-refractivity contribution >= 4 is 8.80 Å². The molecule has 33 heavy (non-hydrogen) atoms. The molecule has 0 amide bonds. The zero-order valence-corrected chi connectivity index (χ0v) is 21.3. The second-order valence-corrected chi connectivity index (χ2v) is 11.4. The van der Waals surface area contributed by atoms with Gasteiger partial charge < -0.3 is 18.0 Å². The molecule has 0 radical (unpaired) electrons. The molecule has 1 aromatic heterocycles. The number of rotatable bonds is 17. The first-order chi connectivity index (χ1) is 15.9. The Balaban J connectivity index is 1.73. The zero-order valence-electron chi connectivity index (χ0n) is 20.3. The molecule has 10 nitrogen and oxygen atoms in total. The van der Waals surface area contributed by atoms with Crippen LogP contribution in [0.25, 0.3) is 0 Å². The van der Waals surface area contributed by atoms with E-state index >= 15 is 0 Å². The molecule has 2 heterocycles. The Morgan fingerprint density at radius 3 is 1.73 bits per heavy atom. The van der Waals surface area contributed by atoms with Crippen molar-refractivity contribution in [3.63, 3.8) is 0 Å². The van der Waals surface area contributed by atoms with Crippen LogP contribution in [-0.2, 0) is 37.6 Å². The third-order valence-corrected chi connectivity index (χ3v) is 9.28. The quantitative estimate of drug-likeness (QED) is 0.187. The number of aromatic nitrogens is 3. The second-order valence-electron chi connectivity index (χ2n) is 8.72. The lowest BCUT2D eigenvalue weighted by Crippen LogP contribution is -2.54. The molecule has 1 aliphatic heterocycles. The number of hydrogen-bond donors (Lipinski definition) is 0. The number of hydrogen-bond acceptors (Lipinski definition) is 7. The summed E-state index contributed by atoms with van der Waals surface area (Å²) in [4.78, 5) is 39.1. The maximum absolute atomic E-state index is 13.1. The fourth-order valence-corrected chi connectivity index (χ4v) is 6.78. The van der Waals surface area contributed by atoms with E-state index in [4.69, 9.17) is 18.0 Å². The van der Waals surface area contributed by atoms with Crippen molar-refractivity contribution in [2.75, 3.05) is 26.4 Å². The minimum Gasteiger partial charge on any atom is -0.374 e. The molecule has 0 aromatic carbocycles. The SMILES string of the molecule is CCO[Si](CCCCn1c(=O)n(CCC2CC2)c(=O)n(CCC2CO2)c1=O)(OCC)OCC. The molecule has 2 aliphatic rings. The van der Waals surface area contributed by atoms with Gasteiger partial charge in [0.05, 0.1) is 12.7 Å². The predicted octanol–water partition coefficient (Wildman–Crippen LogP) is 1.59. The smallest absolute Gasteiger partial charge is 0.374 e. The lowest BCUT2D eigenvalue weighted by molar-refractivity contribution is 0.0706. The van der Waals surface area contributed by atoms with E-state index in [1.165, 1.54) is 13.7 Å². The van der Waals surface area contributed by atoms with Gasteiger partial charge in [-0.25, -0.2) is 28.1 Å². The lowest BCUT2D eigenvalue weighted by Gasteiger charge is -2.28. The highest BCUT2D eigenvalue weighted by molar-refractivity contribution is 6.60. The van der Waals surface area contributed by atoms with E-state index in [0.29, 0.717) is 64.2 Å². The molecule has 1 atom stereocenters. The summed E-state index contributed by atoms with van der Waals surface area (Å²) in [5.41, 5.74) is -1.54. The third-order valence-electron chi connectivity index (χ3n) is 6.13. The van der Waals surface area contributed by atoms with Crippen molar-refractivity contribution in [3.05, 3.63) is 31.5 Å². The summed E-state index contributed by atoms with van der Waals surface area (Å²) in [5.74, 6) is 0.582. The van der Waals surface area contributed by atoms with Crippen LogP contribution in [0.4, 0.5) is 0 Å². The van der Waals surface area contributed by atoms with Crippen LogP contribution >= 0.6 is 0 Å². The van der Waals surface area contributed by atoms with Gasteiger partial charge in [-0.05, 0) is 52.4 Å². The van der Waals surface area contributed by atoms with Crippen molar-refractivity contribution < 1.29 is 18.0 Å². The number of epoxide rings is 1. The van der Waals surface area contributed by atoms with Crippen molar-refractivity contribution in [2.45, 2.75) is 91.1 Å². The monoisotopic (exact) mass is 485 g/mol. The van der Waals surface area contributed by atoms with Gasteiger partial charge in [0.25, 0.3) is 0 Å². The van der Waals surface area contributed by atoms with Crippen molar-refractivity contribution in [3.8, 4) is 0 Å². The molecule has 3 rings (SSSR count). The summed E-state index contributed by atoms with van der Waals surface area (Å²) in [6.07, 6.45) is 5.06. The molecule has 2 fully saturated rings. The average Bonchev–Trinajstić information content (AvgIpc) is 3.69. The standard InChI is InChI=1S/C22H39N3O7Si/c1-4-30-33(31-5-2,32-6-3)16-8-7-13-23-20(26)24(14-11-18-9-10-18)22(28)25(21(23)27)15-12-19-17-29-19/h18-19H,4-17H2,1-3H3. The van der Waals surface area contributed by atoms with Crippen LogP contribution in [0.1, 0.15) is 59.3 Å². The topological polar surface area (TPSA) is 106 Å². The first kappa shape index (κ1) is 26.1. The molecule has 1 aliphatic carbocycles. The normalized spacial score (nSPS) is 18.1. The average molecular weight is 486 g/mol. The maximum Gasteiger partial charge on any atom is 0.500 e. The fraction of sp³-hybridized carbons (Fsp3) is 0.864. The molecule has 0 bridgehead atoms. The van der Waals surface area contributed by atoms with Crippen LogP contribution in [0.3, 0.4) is 0 Å².